The third-order valence-electron chi connectivity index (χ3n) is 4.42. The van der Waals surface area contributed by atoms with Crippen molar-refractivity contribution in [3.63, 3.8) is 0 Å². The summed E-state index contributed by atoms with van der Waals surface area (Å²) in [6, 6.07) is -0.275. The van der Waals surface area contributed by atoms with Crippen LogP contribution in [0.5, 0.6) is 0 Å². The van der Waals surface area contributed by atoms with E-state index in [9.17, 15) is 9.59 Å². The van der Waals surface area contributed by atoms with Gasteiger partial charge >= 0.3 is 0 Å². The summed E-state index contributed by atoms with van der Waals surface area (Å²) in [7, 11) is 1.61. The van der Waals surface area contributed by atoms with Gasteiger partial charge in [-0.25, -0.2) is 0 Å². The van der Waals surface area contributed by atoms with E-state index in [2.05, 4.69) is 5.32 Å². The first kappa shape index (κ1) is 16.2. The van der Waals surface area contributed by atoms with Gasteiger partial charge in [-0.15, -0.1) is 0 Å². The van der Waals surface area contributed by atoms with Crippen molar-refractivity contribution < 1.29 is 14.3 Å². The summed E-state index contributed by atoms with van der Waals surface area (Å²) < 4.78 is 5.33. The Morgan fingerprint density at radius 1 is 1.24 bits per heavy atom. The van der Waals surface area contributed by atoms with E-state index in [-0.39, 0.29) is 17.9 Å². The predicted octanol–water partition coefficient (Wildman–Crippen LogP) is 0.224. The summed E-state index contributed by atoms with van der Waals surface area (Å²) >= 11 is 0. The summed E-state index contributed by atoms with van der Waals surface area (Å²) in [6.45, 7) is 7.62. The molecule has 2 aliphatic heterocycles. The van der Waals surface area contributed by atoms with Gasteiger partial charge < -0.3 is 19.9 Å². The number of methoxy groups -OCH3 is 1. The van der Waals surface area contributed by atoms with E-state index in [4.69, 9.17) is 4.74 Å². The molecule has 1 N–H and O–H groups in total. The first-order chi connectivity index (χ1) is 9.94. The van der Waals surface area contributed by atoms with Crippen molar-refractivity contribution in [3.05, 3.63) is 0 Å². The van der Waals surface area contributed by atoms with Crippen LogP contribution in [-0.4, -0.2) is 73.1 Å². The van der Waals surface area contributed by atoms with Crippen LogP contribution in [0.25, 0.3) is 0 Å². The number of ether oxygens (including phenoxy) is 1. The fraction of sp³-hybridized carbons (Fsp3) is 0.867. The standard InChI is InChI=1S/C15H27N3O3/c1-15(2,21-3)11-13(19)18-8-4-5-12(18)14(20)17-9-6-16-7-10-17/h12,16H,4-11H2,1-3H3. The van der Waals surface area contributed by atoms with Gasteiger partial charge in [-0.1, -0.05) is 0 Å². The molecule has 0 aliphatic carbocycles. The van der Waals surface area contributed by atoms with Gasteiger partial charge in [0, 0.05) is 39.8 Å². The lowest BCUT2D eigenvalue weighted by Crippen LogP contribution is -2.53. The van der Waals surface area contributed by atoms with Crippen molar-refractivity contribution in [3.8, 4) is 0 Å². The number of piperazine rings is 1. The van der Waals surface area contributed by atoms with E-state index >= 15 is 0 Å². The Balaban J connectivity index is 1.99. The van der Waals surface area contributed by atoms with E-state index in [0.29, 0.717) is 13.0 Å². The molecule has 1 atom stereocenters. The molecule has 2 heterocycles. The van der Waals surface area contributed by atoms with Crippen LogP contribution in [0.4, 0.5) is 0 Å². The molecule has 0 bridgehead atoms. The SMILES string of the molecule is COC(C)(C)CC(=O)N1CCCC1C(=O)N1CCNCC1. The Bertz CT molecular complexity index is 392. The number of amides is 2. The van der Waals surface area contributed by atoms with Gasteiger partial charge in [0.25, 0.3) is 0 Å². The highest BCUT2D eigenvalue weighted by Crippen LogP contribution is 2.23. The zero-order valence-corrected chi connectivity index (χ0v) is 13.4. The molecule has 6 heteroatoms. The smallest absolute Gasteiger partial charge is 0.245 e. The Kier molecular flexibility index (Phi) is 5.22. The van der Waals surface area contributed by atoms with E-state index in [1.807, 2.05) is 18.7 Å². The molecule has 2 amide bonds. The second-order valence-corrected chi connectivity index (χ2v) is 6.46. The zero-order valence-electron chi connectivity index (χ0n) is 13.4. The summed E-state index contributed by atoms with van der Waals surface area (Å²) in [5.74, 6) is 0.130. The Morgan fingerprint density at radius 3 is 2.52 bits per heavy atom. The first-order valence-corrected chi connectivity index (χ1v) is 7.79. The first-order valence-electron chi connectivity index (χ1n) is 7.79. The van der Waals surface area contributed by atoms with Crippen LogP contribution in [0.15, 0.2) is 0 Å². The molecule has 120 valence electrons. The van der Waals surface area contributed by atoms with Gasteiger partial charge in [-0.05, 0) is 26.7 Å². The van der Waals surface area contributed by atoms with Crippen LogP contribution < -0.4 is 5.32 Å². The third-order valence-corrected chi connectivity index (χ3v) is 4.42. The molecule has 21 heavy (non-hydrogen) atoms. The molecule has 2 saturated heterocycles. The molecule has 2 aliphatic rings. The number of hydrogen-bond acceptors (Lipinski definition) is 4. The number of nitrogens with one attached hydrogen (secondary N) is 1. The van der Waals surface area contributed by atoms with Gasteiger partial charge in [0.05, 0.1) is 12.0 Å². The molecular formula is C15H27N3O3. The minimum atomic E-state index is -0.484. The van der Waals surface area contributed by atoms with Crippen LogP contribution in [0.3, 0.4) is 0 Å². The van der Waals surface area contributed by atoms with Crippen LogP contribution in [-0.2, 0) is 14.3 Å². The maximum absolute atomic E-state index is 12.6. The van der Waals surface area contributed by atoms with Gasteiger partial charge in [0.2, 0.25) is 11.8 Å². The Hall–Kier alpha value is -1.14. The summed E-state index contributed by atoms with van der Waals surface area (Å²) in [4.78, 5) is 28.7. The molecule has 2 rings (SSSR count). The van der Waals surface area contributed by atoms with Crippen LogP contribution in [0, 0.1) is 0 Å². The van der Waals surface area contributed by atoms with Crippen molar-refractivity contribution in [2.75, 3.05) is 39.8 Å². The van der Waals surface area contributed by atoms with E-state index in [1.165, 1.54) is 0 Å². The average Bonchev–Trinajstić information content (AvgIpc) is 2.96. The second-order valence-electron chi connectivity index (χ2n) is 6.46. The maximum Gasteiger partial charge on any atom is 0.245 e. The second kappa shape index (κ2) is 6.75. The molecular weight excluding hydrogens is 270 g/mol. The van der Waals surface area contributed by atoms with Gasteiger partial charge in [0.1, 0.15) is 6.04 Å². The molecule has 0 aromatic carbocycles. The summed E-state index contributed by atoms with van der Waals surface area (Å²) in [5, 5.41) is 3.24. The van der Waals surface area contributed by atoms with Crippen molar-refractivity contribution in [1.82, 2.24) is 15.1 Å². The fourth-order valence-electron chi connectivity index (χ4n) is 2.96. The van der Waals surface area contributed by atoms with Crippen LogP contribution in [0.2, 0.25) is 0 Å². The predicted molar refractivity (Wildman–Crippen MR) is 79.9 cm³/mol. The largest absolute Gasteiger partial charge is 0.378 e. The van der Waals surface area contributed by atoms with Crippen LogP contribution in [0.1, 0.15) is 33.1 Å². The highest BCUT2D eigenvalue weighted by atomic mass is 16.5. The van der Waals surface area contributed by atoms with Gasteiger partial charge in [-0.2, -0.15) is 0 Å². The molecule has 0 aromatic heterocycles. The molecule has 0 saturated carbocycles. The lowest BCUT2D eigenvalue weighted by atomic mass is 10.0. The number of carbonyl (C=O) groups excluding carboxylic acids is 2. The third kappa shape index (κ3) is 3.95. The van der Waals surface area contributed by atoms with Crippen molar-refractivity contribution in [1.29, 1.82) is 0 Å². The average molecular weight is 297 g/mol. The van der Waals surface area contributed by atoms with Crippen molar-refractivity contribution >= 4 is 11.8 Å². The number of rotatable bonds is 4. The molecule has 6 nitrogen and oxygen atoms in total. The normalized spacial score (nSPS) is 23.5. The zero-order chi connectivity index (χ0) is 15.5. The minimum Gasteiger partial charge on any atom is -0.378 e. The molecule has 0 radical (unpaired) electrons. The maximum atomic E-state index is 12.6. The Labute approximate surface area is 126 Å². The molecule has 1 unspecified atom stereocenters. The lowest BCUT2D eigenvalue weighted by molar-refractivity contribution is -0.146. The molecule has 2 fully saturated rings. The monoisotopic (exact) mass is 297 g/mol. The Morgan fingerprint density at radius 2 is 1.90 bits per heavy atom. The van der Waals surface area contributed by atoms with E-state index in [0.717, 1.165) is 39.0 Å². The number of hydrogen-bond donors (Lipinski definition) is 1. The summed E-state index contributed by atoms with van der Waals surface area (Å²) in [5.41, 5.74) is -0.484. The number of carbonyl (C=O) groups is 2. The number of likely N-dealkylation sites (tertiary alicyclic amines) is 1. The highest BCUT2D eigenvalue weighted by molar-refractivity contribution is 5.88. The molecule has 0 aromatic rings. The van der Waals surface area contributed by atoms with Crippen LogP contribution >= 0.6 is 0 Å². The summed E-state index contributed by atoms with van der Waals surface area (Å²) in [6.07, 6.45) is 2.00. The van der Waals surface area contributed by atoms with Gasteiger partial charge in [0.15, 0.2) is 0 Å². The lowest BCUT2D eigenvalue weighted by Gasteiger charge is -2.34. The number of nitrogens with zero attached hydrogens (tertiary/aromatic N) is 2. The van der Waals surface area contributed by atoms with Gasteiger partial charge in [-0.3, -0.25) is 9.59 Å². The highest BCUT2D eigenvalue weighted by Gasteiger charge is 2.38. The molecule has 0 spiro atoms. The fourth-order valence-corrected chi connectivity index (χ4v) is 2.96. The quantitative estimate of drug-likeness (QED) is 0.806. The van der Waals surface area contributed by atoms with E-state index in [1.54, 1.807) is 12.0 Å². The van der Waals surface area contributed by atoms with E-state index < -0.39 is 5.60 Å². The topological polar surface area (TPSA) is 61.9 Å². The van der Waals surface area contributed by atoms with Crippen molar-refractivity contribution in [2.24, 2.45) is 0 Å². The van der Waals surface area contributed by atoms with Crippen molar-refractivity contribution in [2.45, 2.75) is 44.8 Å². The minimum absolute atomic E-state index is 0.0211.